The van der Waals surface area contributed by atoms with Crippen LogP contribution in [0.3, 0.4) is 0 Å². The van der Waals surface area contributed by atoms with E-state index in [1.807, 2.05) is 24.3 Å². The lowest BCUT2D eigenvalue weighted by Crippen LogP contribution is -2.02. The van der Waals surface area contributed by atoms with E-state index in [2.05, 4.69) is 32.0 Å². The van der Waals surface area contributed by atoms with Crippen molar-refractivity contribution in [3.05, 3.63) is 64.7 Å². The number of ether oxygens (including phenoxy) is 1. The Morgan fingerprint density at radius 1 is 1.05 bits per heavy atom. The standard InChI is InChI=1S/C17H20O2/c1-12-7-13(2)9-14(8-12)10-17(18)15-5-4-6-16(11-15)19-3/h4-9,11,17-18H,10H2,1-3H3. The van der Waals surface area contributed by atoms with Gasteiger partial charge in [0.05, 0.1) is 13.2 Å². The summed E-state index contributed by atoms with van der Waals surface area (Å²) in [7, 11) is 1.63. The number of hydrogen-bond donors (Lipinski definition) is 1. The fourth-order valence-electron chi connectivity index (χ4n) is 2.38. The van der Waals surface area contributed by atoms with Crippen molar-refractivity contribution in [3.8, 4) is 5.75 Å². The molecule has 1 atom stereocenters. The Morgan fingerprint density at radius 3 is 2.37 bits per heavy atom. The second-order valence-electron chi connectivity index (χ2n) is 4.99. The molecule has 0 aliphatic heterocycles. The summed E-state index contributed by atoms with van der Waals surface area (Å²) < 4.78 is 5.18. The van der Waals surface area contributed by atoms with Gasteiger partial charge >= 0.3 is 0 Å². The molecule has 0 fully saturated rings. The average Bonchev–Trinajstić information content (AvgIpc) is 2.37. The van der Waals surface area contributed by atoms with Crippen molar-refractivity contribution < 1.29 is 9.84 Å². The van der Waals surface area contributed by atoms with Crippen molar-refractivity contribution in [3.63, 3.8) is 0 Å². The van der Waals surface area contributed by atoms with Crippen LogP contribution in [0, 0.1) is 13.8 Å². The van der Waals surface area contributed by atoms with Gasteiger partial charge in [-0.2, -0.15) is 0 Å². The molecule has 0 saturated carbocycles. The van der Waals surface area contributed by atoms with Crippen LogP contribution < -0.4 is 4.74 Å². The van der Waals surface area contributed by atoms with Crippen LogP contribution in [-0.4, -0.2) is 12.2 Å². The second kappa shape index (κ2) is 5.89. The van der Waals surface area contributed by atoms with Crippen LogP contribution in [0.4, 0.5) is 0 Å². The molecule has 2 aromatic rings. The van der Waals surface area contributed by atoms with Gasteiger partial charge in [0.25, 0.3) is 0 Å². The highest BCUT2D eigenvalue weighted by Gasteiger charge is 2.10. The van der Waals surface area contributed by atoms with Crippen molar-refractivity contribution in [1.82, 2.24) is 0 Å². The summed E-state index contributed by atoms with van der Waals surface area (Å²) >= 11 is 0. The van der Waals surface area contributed by atoms with Crippen LogP contribution in [-0.2, 0) is 6.42 Å². The third-order valence-electron chi connectivity index (χ3n) is 3.19. The van der Waals surface area contributed by atoms with Crippen molar-refractivity contribution >= 4 is 0 Å². The van der Waals surface area contributed by atoms with Crippen LogP contribution in [0.25, 0.3) is 0 Å². The zero-order valence-electron chi connectivity index (χ0n) is 11.7. The molecule has 0 heterocycles. The molecular formula is C17H20O2. The number of rotatable bonds is 4. The molecule has 0 radical (unpaired) electrons. The highest BCUT2D eigenvalue weighted by molar-refractivity contribution is 5.33. The molecular weight excluding hydrogens is 236 g/mol. The third-order valence-corrected chi connectivity index (χ3v) is 3.19. The Labute approximate surface area is 114 Å². The number of aliphatic hydroxyl groups excluding tert-OH is 1. The first-order valence-electron chi connectivity index (χ1n) is 6.47. The fraction of sp³-hybridized carbons (Fsp3) is 0.294. The first-order valence-corrected chi connectivity index (χ1v) is 6.47. The van der Waals surface area contributed by atoms with Gasteiger partial charge in [-0.05, 0) is 37.1 Å². The Bertz CT molecular complexity index is 541. The van der Waals surface area contributed by atoms with E-state index in [-0.39, 0.29) is 0 Å². The van der Waals surface area contributed by atoms with Gasteiger partial charge in [0.2, 0.25) is 0 Å². The van der Waals surface area contributed by atoms with Crippen LogP contribution in [0.15, 0.2) is 42.5 Å². The molecule has 100 valence electrons. The number of aliphatic hydroxyl groups is 1. The average molecular weight is 256 g/mol. The monoisotopic (exact) mass is 256 g/mol. The minimum atomic E-state index is -0.503. The van der Waals surface area contributed by atoms with E-state index in [4.69, 9.17) is 4.74 Å². The topological polar surface area (TPSA) is 29.5 Å². The largest absolute Gasteiger partial charge is 0.497 e. The molecule has 19 heavy (non-hydrogen) atoms. The summed E-state index contributed by atoms with van der Waals surface area (Å²) in [4.78, 5) is 0. The van der Waals surface area contributed by atoms with E-state index < -0.39 is 6.10 Å². The quantitative estimate of drug-likeness (QED) is 0.906. The third kappa shape index (κ3) is 3.58. The maximum Gasteiger partial charge on any atom is 0.119 e. The van der Waals surface area contributed by atoms with E-state index in [9.17, 15) is 5.11 Å². The van der Waals surface area contributed by atoms with Gasteiger partial charge in [-0.1, -0.05) is 41.5 Å². The van der Waals surface area contributed by atoms with E-state index in [0.717, 1.165) is 16.9 Å². The molecule has 0 aliphatic rings. The van der Waals surface area contributed by atoms with Crippen LogP contribution in [0.2, 0.25) is 0 Å². The SMILES string of the molecule is COc1cccc(C(O)Cc2cc(C)cc(C)c2)c1. The highest BCUT2D eigenvalue weighted by Crippen LogP contribution is 2.23. The summed E-state index contributed by atoms with van der Waals surface area (Å²) in [5.41, 5.74) is 4.51. The van der Waals surface area contributed by atoms with Crippen molar-refractivity contribution in [2.45, 2.75) is 26.4 Å². The molecule has 2 aromatic carbocycles. The number of benzene rings is 2. The lowest BCUT2D eigenvalue weighted by molar-refractivity contribution is 0.178. The molecule has 0 saturated heterocycles. The maximum atomic E-state index is 10.3. The summed E-state index contributed by atoms with van der Waals surface area (Å²) in [6.07, 6.45) is 0.117. The Morgan fingerprint density at radius 2 is 1.74 bits per heavy atom. The molecule has 0 amide bonds. The first kappa shape index (κ1) is 13.6. The summed E-state index contributed by atoms with van der Waals surface area (Å²) in [6, 6.07) is 14.0. The molecule has 2 nitrogen and oxygen atoms in total. The summed E-state index contributed by atoms with van der Waals surface area (Å²) in [5, 5.41) is 10.3. The van der Waals surface area contributed by atoms with Crippen molar-refractivity contribution in [2.75, 3.05) is 7.11 Å². The van der Waals surface area contributed by atoms with Gasteiger partial charge in [0, 0.05) is 6.42 Å². The highest BCUT2D eigenvalue weighted by atomic mass is 16.5. The molecule has 0 bridgehead atoms. The molecule has 2 rings (SSSR count). The normalized spacial score (nSPS) is 12.2. The predicted molar refractivity (Wildman–Crippen MR) is 77.6 cm³/mol. The maximum absolute atomic E-state index is 10.3. The molecule has 0 spiro atoms. The predicted octanol–water partition coefficient (Wildman–Crippen LogP) is 3.59. The first-order chi connectivity index (χ1) is 9.08. The van der Waals surface area contributed by atoms with Gasteiger partial charge in [0.15, 0.2) is 0 Å². The minimum Gasteiger partial charge on any atom is -0.497 e. The lowest BCUT2D eigenvalue weighted by atomic mass is 9.98. The number of aryl methyl sites for hydroxylation is 2. The Hall–Kier alpha value is -1.80. The molecule has 2 heteroatoms. The fourth-order valence-corrected chi connectivity index (χ4v) is 2.38. The number of hydrogen-bond acceptors (Lipinski definition) is 2. The Balaban J connectivity index is 2.17. The molecule has 1 unspecified atom stereocenters. The number of methoxy groups -OCH3 is 1. The van der Waals surface area contributed by atoms with Crippen molar-refractivity contribution in [1.29, 1.82) is 0 Å². The van der Waals surface area contributed by atoms with Crippen LogP contribution >= 0.6 is 0 Å². The van der Waals surface area contributed by atoms with Crippen molar-refractivity contribution in [2.24, 2.45) is 0 Å². The van der Waals surface area contributed by atoms with Gasteiger partial charge in [-0.15, -0.1) is 0 Å². The van der Waals surface area contributed by atoms with Gasteiger partial charge in [0.1, 0.15) is 5.75 Å². The Kier molecular flexibility index (Phi) is 4.23. The van der Waals surface area contributed by atoms with Crippen LogP contribution in [0.5, 0.6) is 5.75 Å². The summed E-state index contributed by atoms with van der Waals surface area (Å²) in [5.74, 6) is 0.775. The molecule has 0 aromatic heterocycles. The lowest BCUT2D eigenvalue weighted by Gasteiger charge is -2.13. The summed E-state index contributed by atoms with van der Waals surface area (Å²) in [6.45, 7) is 4.16. The van der Waals surface area contributed by atoms with Crippen LogP contribution in [0.1, 0.15) is 28.4 Å². The minimum absolute atomic E-state index is 0.503. The second-order valence-corrected chi connectivity index (χ2v) is 4.99. The zero-order chi connectivity index (χ0) is 13.8. The van der Waals surface area contributed by atoms with Gasteiger partial charge in [-0.3, -0.25) is 0 Å². The van der Waals surface area contributed by atoms with E-state index in [1.165, 1.54) is 11.1 Å². The molecule has 1 N–H and O–H groups in total. The zero-order valence-corrected chi connectivity index (χ0v) is 11.7. The van der Waals surface area contributed by atoms with E-state index in [0.29, 0.717) is 6.42 Å². The van der Waals surface area contributed by atoms with Gasteiger partial charge in [-0.25, -0.2) is 0 Å². The smallest absolute Gasteiger partial charge is 0.119 e. The van der Waals surface area contributed by atoms with E-state index in [1.54, 1.807) is 7.11 Å². The van der Waals surface area contributed by atoms with Gasteiger partial charge < -0.3 is 9.84 Å². The van der Waals surface area contributed by atoms with E-state index >= 15 is 0 Å². The molecule has 0 aliphatic carbocycles.